The highest BCUT2D eigenvalue weighted by molar-refractivity contribution is 5.82. The van der Waals surface area contributed by atoms with Gasteiger partial charge in [0.2, 0.25) is 0 Å². The van der Waals surface area contributed by atoms with Crippen molar-refractivity contribution in [1.82, 2.24) is 9.55 Å². The molecule has 2 aromatic rings. The van der Waals surface area contributed by atoms with Gasteiger partial charge in [-0.3, -0.25) is 0 Å². The Morgan fingerprint density at radius 2 is 2.31 bits per heavy atom. The minimum absolute atomic E-state index is 0.295. The number of esters is 1. The van der Waals surface area contributed by atoms with Crippen molar-refractivity contribution in [2.75, 3.05) is 12.8 Å². The normalized spacial score (nSPS) is 12.6. The summed E-state index contributed by atoms with van der Waals surface area (Å²) in [6.45, 7) is 1.77. The number of ether oxygens (including phenoxy) is 1. The van der Waals surface area contributed by atoms with E-state index >= 15 is 0 Å². The van der Waals surface area contributed by atoms with E-state index in [4.69, 9.17) is 10.5 Å². The van der Waals surface area contributed by atoms with Gasteiger partial charge in [-0.1, -0.05) is 0 Å². The molecule has 1 heterocycles. The van der Waals surface area contributed by atoms with Crippen LogP contribution in [-0.4, -0.2) is 22.6 Å². The Balaban J connectivity index is 2.50. The van der Waals surface area contributed by atoms with Gasteiger partial charge in [0.05, 0.1) is 24.5 Å². The lowest BCUT2D eigenvalue weighted by atomic mass is 10.2. The van der Waals surface area contributed by atoms with Gasteiger partial charge < -0.3 is 15.0 Å². The lowest BCUT2D eigenvalue weighted by molar-refractivity contribution is -0.143. The second-order valence-corrected chi connectivity index (χ2v) is 3.60. The van der Waals surface area contributed by atoms with Gasteiger partial charge in [-0.15, -0.1) is 0 Å². The highest BCUT2D eigenvalue weighted by Gasteiger charge is 2.17. The maximum atomic E-state index is 11.4. The molecule has 1 unspecified atom stereocenters. The average molecular weight is 219 g/mol. The zero-order valence-electron chi connectivity index (χ0n) is 9.18. The summed E-state index contributed by atoms with van der Waals surface area (Å²) in [6, 6.07) is 5.01. The molecule has 2 N–H and O–H groups in total. The molecule has 0 aliphatic rings. The Bertz CT molecular complexity index is 533. The summed E-state index contributed by atoms with van der Waals surface area (Å²) in [5, 5.41) is 0. The zero-order chi connectivity index (χ0) is 11.7. The fraction of sp³-hybridized carbons (Fsp3) is 0.273. The van der Waals surface area contributed by atoms with Gasteiger partial charge in [0.25, 0.3) is 0 Å². The van der Waals surface area contributed by atoms with Crippen LogP contribution in [0.3, 0.4) is 0 Å². The van der Waals surface area contributed by atoms with Gasteiger partial charge in [0, 0.05) is 5.69 Å². The van der Waals surface area contributed by atoms with E-state index in [9.17, 15) is 4.79 Å². The van der Waals surface area contributed by atoms with Crippen LogP contribution in [0.5, 0.6) is 0 Å². The average Bonchev–Trinajstić information content (AvgIpc) is 2.69. The van der Waals surface area contributed by atoms with E-state index in [2.05, 4.69) is 4.98 Å². The van der Waals surface area contributed by atoms with Gasteiger partial charge in [0.15, 0.2) is 0 Å². The van der Waals surface area contributed by atoms with Crippen LogP contribution in [0.1, 0.15) is 13.0 Å². The van der Waals surface area contributed by atoms with E-state index in [-0.39, 0.29) is 5.97 Å². The number of rotatable bonds is 2. The molecule has 5 nitrogen and oxygen atoms in total. The molecule has 16 heavy (non-hydrogen) atoms. The number of hydrogen-bond donors (Lipinski definition) is 1. The lowest BCUT2D eigenvalue weighted by Gasteiger charge is -2.11. The molecule has 0 fully saturated rings. The SMILES string of the molecule is COC(=O)C(C)n1cnc2cc(N)ccc21. The van der Waals surface area contributed by atoms with Crippen molar-refractivity contribution in [3.05, 3.63) is 24.5 Å². The molecule has 2 rings (SSSR count). The number of imidazole rings is 1. The Kier molecular flexibility index (Phi) is 2.52. The second kappa shape index (κ2) is 3.84. The van der Waals surface area contributed by atoms with E-state index < -0.39 is 6.04 Å². The summed E-state index contributed by atoms with van der Waals surface area (Å²) in [6.07, 6.45) is 1.62. The Labute approximate surface area is 92.8 Å². The van der Waals surface area contributed by atoms with Crippen molar-refractivity contribution < 1.29 is 9.53 Å². The first-order valence-corrected chi connectivity index (χ1v) is 4.93. The molecule has 0 spiro atoms. The summed E-state index contributed by atoms with van der Waals surface area (Å²) in [4.78, 5) is 15.6. The summed E-state index contributed by atoms with van der Waals surface area (Å²) in [7, 11) is 1.37. The van der Waals surface area contributed by atoms with Crippen LogP contribution in [0.15, 0.2) is 24.5 Å². The molecule has 84 valence electrons. The first-order valence-electron chi connectivity index (χ1n) is 4.93. The standard InChI is InChI=1S/C11H13N3O2/c1-7(11(15)16-2)14-6-13-9-5-8(12)3-4-10(9)14/h3-7H,12H2,1-2H3. The van der Waals surface area contributed by atoms with Crippen molar-refractivity contribution in [2.24, 2.45) is 0 Å². The number of carbonyl (C=O) groups excluding carboxylic acids is 1. The molecular formula is C11H13N3O2. The number of nitrogens with zero attached hydrogens (tertiary/aromatic N) is 2. The fourth-order valence-corrected chi connectivity index (χ4v) is 1.64. The monoisotopic (exact) mass is 219 g/mol. The number of nitrogens with two attached hydrogens (primary N) is 1. The lowest BCUT2D eigenvalue weighted by Crippen LogP contribution is -2.16. The topological polar surface area (TPSA) is 70.1 Å². The summed E-state index contributed by atoms with van der Waals surface area (Å²) in [5.41, 5.74) is 7.95. The maximum absolute atomic E-state index is 11.4. The Morgan fingerprint density at radius 1 is 1.56 bits per heavy atom. The minimum atomic E-state index is -0.390. The minimum Gasteiger partial charge on any atom is -0.467 e. The molecule has 0 saturated heterocycles. The van der Waals surface area contributed by atoms with Crippen LogP contribution >= 0.6 is 0 Å². The van der Waals surface area contributed by atoms with Gasteiger partial charge in [-0.2, -0.15) is 0 Å². The Morgan fingerprint density at radius 3 is 3.00 bits per heavy atom. The first-order chi connectivity index (χ1) is 7.63. The predicted octanol–water partition coefficient (Wildman–Crippen LogP) is 1.35. The van der Waals surface area contributed by atoms with Gasteiger partial charge in [0.1, 0.15) is 6.04 Å². The fourth-order valence-electron chi connectivity index (χ4n) is 1.64. The van der Waals surface area contributed by atoms with Crippen molar-refractivity contribution in [3.63, 3.8) is 0 Å². The number of aromatic nitrogens is 2. The van der Waals surface area contributed by atoms with Crippen LogP contribution < -0.4 is 5.73 Å². The van der Waals surface area contributed by atoms with Crippen LogP contribution in [0.25, 0.3) is 11.0 Å². The number of anilines is 1. The van der Waals surface area contributed by atoms with Crippen molar-refractivity contribution in [1.29, 1.82) is 0 Å². The number of fused-ring (bicyclic) bond motifs is 1. The molecule has 1 aromatic heterocycles. The third-order valence-electron chi connectivity index (χ3n) is 2.56. The molecular weight excluding hydrogens is 206 g/mol. The van der Waals surface area contributed by atoms with E-state index in [1.807, 2.05) is 6.07 Å². The quantitative estimate of drug-likeness (QED) is 0.611. The summed E-state index contributed by atoms with van der Waals surface area (Å²) in [5.74, 6) is -0.295. The molecule has 0 bridgehead atoms. The third kappa shape index (κ3) is 1.60. The van der Waals surface area contributed by atoms with Crippen LogP contribution in [-0.2, 0) is 9.53 Å². The summed E-state index contributed by atoms with van der Waals surface area (Å²) >= 11 is 0. The number of hydrogen-bond acceptors (Lipinski definition) is 4. The van der Waals surface area contributed by atoms with Crippen LogP contribution in [0, 0.1) is 0 Å². The van der Waals surface area contributed by atoms with Gasteiger partial charge >= 0.3 is 5.97 Å². The molecule has 0 aliphatic heterocycles. The van der Waals surface area contributed by atoms with Crippen LogP contribution in [0.4, 0.5) is 5.69 Å². The highest BCUT2D eigenvalue weighted by Crippen LogP contribution is 2.20. The molecule has 1 aromatic carbocycles. The van der Waals surface area contributed by atoms with Crippen molar-refractivity contribution >= 4 is 22.7 Å². The van der Waals surface area contributed by atoms with Gasteiger partial charge in [-0.25, -0.2) is 9.78 Å². The van der Waals surface area contributed by atoms with E-state index in [0.717, 1.165) is 11.0 Å². The number of benzene rings is 1. The maximum Gasteiger partial charge on any atom is 0.328 e. The van der Waals surface area contributed by atoms with E-state index in [1.165, 1.54) is 7.11 Å². The number of carbonyl (C=O) groups is 1. The van der Waals surface area contributed by atoms with E-state index in [1.54, 1.807) is 30.0 Å². The first kappa shape index (κ1) is 10.5. The van der Waals surface area contributed by atoms with Crippen molar-refractivity contribution in [2.45, 2.75) is 13.0 Å². The molecule has 5 heteroatoms. The van der Waals surface area contributed by atoms with Crippen LogP contribution in [0.2, 0.25) is 0 Å². The summed E-state index contributed by atoms with van der Waals surface area (Å²) < 4.78 is 6.46. The Hall–Kier alpha value is -2.04. The second-order valence-electron chi connectivity index (χ2n) is 3.60. The highest BCUT2D eigenvalue weighted by atomic mass is 16.5. The molecule has 0 saturated carbocycles. The molecule has 0 amide bonds. The molecule has 0 aliphatic carbocycles. The largest absolute Gasteiger partial charge is 0.467 e. The molecule has 1 atom stereocenters. The van der Waals surface area contributed by atoms with Crippen molar-refractivity contribution in [3.8, 4) is 0 Å². The number of methoxy groups -OCH3 is 1. The predicted molar refractivity (Wildman–Crippen MR) is 60.9 cm³/mol. The smallest absolute Gasteiger partial charge is 0.328 e. The third-order valence-corrected chi connectivity index (χ3v) is 2.56. The molecule has 0 radical (unpaired) electrons. The van der Waals surface area contributed by atoms with Gasteiger partial charge in [-0.05, 0) is 25.1 Å². The number of nitrogen functional groups attached to an aromatic ring is 1. The van der Waals surface area contributed by atoms with E-state index in [0.29, 0.717) is 5.69 Å². The zero-order valence-corrected chi connectivity index (χ0v) is 9.18.